The summed E-state index contributed by atoms with van der Waals surface area (Å²) in [5, 5.41) is 0. The first-order valence-corrected chi connectivity index (χ1v) is 9.46. The molecule has 1 aliphatic heterocycles. The lowest BCUT2D eigenvalue weighted by atomic mass is 9.96. The minimum absolute atomic E-state index is 0.0559. The van der Waals surface area contributed by atoms with Crippen LogP contribution < -0.4 is 9.64 Å². The van der Waals surface area contributed by atoms with Gasteiger partial charge in [0.2, 0.25) is 11.8 Å². The van der Waals surface area contributed by atoms with Gasteiger partial charge in [0.05, 0.1) is 5.92 Å². The number of anilines is 1. The molecule has 5 nitrogen and oxygen atoms in total. The van der Waals surface area contributed by atoms with E-state index in [4.69, 9.17) is 4.74 Å². The van der Waals surface area contributed by atoms with E-state index >= 15 is 0 Å². The van der Waals surface area contributed by atoms with Gasteiger partial charge in [-0.15, -0.1) is 0 Å². The Balaban J connectivity index is 1.63. The monoisotopic (exact) mass is 366 g/mol. The molecule has 1 heterocycles. The number of para-hydroxylation sites is 1. The molecule has 0 spiro atoms. The van der Waals surface area contributed by atoms with Crippen molar-refractivity contribution in [3.05, 3.63) is 54.6 Å². The van der Waals surface area contributed by atoms with Gasteiger partial charge in [-0.05, 0) is 49.2 Å². The van der Waals surface area contributed by atoms with Crippen molar-refractivity contribution in [3.8, 4) is 11.5 Å². The van der Waals surface area contributed by atoms with Gasteiger partial charge in [0.1, 0.15) is 11.5 Å². The Hall–Kier alpha value is -2.82. The average molecular weight is 366 g/mol. The van der Waals surface area contributed by atoms with Gasteiger partial charge < -0.3 is 14.5 Å². The highest BCUT2D eigenvalue weighted by Gasteiger charge is 2.30. The van der Waals surface area contributed by atoms with Crippen LogP contribution in [0.15, 0.2) is 54.6 Å². The minimum atomic E-state index is -0.139. The SMILES string of the molecule is CCC(=O)N1CCCC(C(=O)N(C)c2ccc(Oc3ccccc3)cc2)C1. The Labute approximate surface area is 160 Å². The Kier molecular flexibility index (Phi) is 6.12. The second-order valence-electron chi connectivity index (χ2n) is 6.84. The van der Waals surface area contributed by atoms with E-state index in [1.165, 1.54) is 0 Å². The molecule has 1 atom stereocenters. The summed E-state index contributed by atoms with van der Waals surface area (Å²) in [5.74, 6) is 1.54. The van der Waals surface area contributed by atoms with E-state index in [1.54, 1.807) is 11.9 Å². The summed E-state index contributed by atoms with van der Waals surface area (Å²) in [7, 11) is 1.79. The lowest BCUT2D eigenvalue weighted by Gasteiger charge is -2.34. The van der Waals surface area contributed by atoms with Crippen LogP contribution in [0.2, 0.25) is 0 Å². The fourth-order valence-electron chi connectivity index (χ4n) is 3.39. The number of carbonyl (C=O) groups is 2. The van der Waals surface area contributed by atoms with Crippen LogP contribution in [0, 0.1) is 5.92 Å². The normalized spacial score (nSPS) is 16.7. The van der Waals surface area contributed by atoms with Crippen LogP contribution in [-0.2, 0) is 9.59 Å². The third kappa shape index (κ3) is 4.67. The molecule has 1 aliphatic rings. The van der Waals surface area contributed by atoms with Gasteiger partial charge >= 0.3 is 0 Å². The molecule has 1 unspecified atom stereocenters. The second-order valence-corrected chi connectivity index (χ2v) is 6.84. The molecule has 5 heteroatoms. The summed E-state index contributed by atoms with van der Waals surface area (Å²) >= 11 is 0. The number of nitrogens with zero attached hydrogens (tertiary/aromatic N) is 2. The molecule has 2 aromatic carbocycles. The Morgan fingerprint density at radius 3 is 2.41 bits per heavy atom. The van der Waals surface area contributed by atoms with Crippen molar-refractivity contribution in [1.82, 2.24) is 4.90 Å². The zero-order chi connectivity index (χ0) is 19.2. The van der Waals surface area contributed by atoms with E-state index in [0.717, 1.165) is 36.6 Å². The van der Waals surface area contributed by atoms with Crippen molar-refractivity contribution in [1.29, 1.82) is 0 Å². The molecule has 27 heavy (non-hydrogen) atoms. The maximum atomic E-state index is 12.9. The molecule has 2 amide bonds. The first-order chi connectivity index (χ1) is 13.1. The molecular formula is C22H26N2O3. The number of benzene rings is 2. The standard InChI is InChI=1S/C22H26N2O3/c1-3-21(25)24-15-7-8-17(16-24)22(26)23(2)18-11-13-20(14-12-18)27-19-9-5-4-6-10-19/h4-6,9-14,17H,3,7-8,15-16H2,1-2H3. The van der Waals surface area contributed by atoms with Crippen LogP contribution in [0.5, 0.6) is 11.5 Å². The molecule has 0 aliphatic carbocycles. The van der Waals surface area contributed by atoms with Crippen LogP contribution in [0.1, 0.15) is 26.2 Å². The number of amides is 2. The topological polar surface area (TPSA) is 49.9 Å². The molecular weight excluding hydrogens is 340 g/mol. The van der Waals surface area contributed by atoms with Gasteiger partial charge in [-0.2, -0.15) is 0 Å². The third-order valence-electron chi connectivity index (χ3n) is 4.96. The molecule has 0 bridgehead atoms. The van der Waals surface area contributed by atoms with E-state index in [0.29, 0.717) is 13.0 Å². The maximum Gasteiger partial charge on any atom is 0.231 e. The Morgan fingerprint density at radius 1 is 1.07 bits per heavy atom. The smallest absolute Gasteiger partial charge is 0.231 e. The van der Waals surface area contributed by atoms with E-state index in [9.17, 15) is 9.59 Å². The molecule has 2 aromatic rings. The largest absolute Gasteiger partial charge is 0.457 e. The van der Waals surface area contributed by atoms with E-state index in [-0.39, 0.29) is 17.7 Å². The van der Waals surface area contributed by atoms with Crippen molar-refractivity contribution in [2.75, 3.05) is 25.0 Å². The molecule has 0 N–H and O–H groups in total. The van der Waals surface area contributed by atoms with Crippen molar-refractivity contribution in [2.45, 2.75) is 26.2 Å². The fourth-order valence-corrected chi connectivity index (χ4v) is 3.39. The van der Waals surface area contributed by atoms with Crippen molar-refractivity contribution in [3.63, 3.8) is 0 Å². The van der Waals surface area contributed by atoms with Gasteiger partial charge in [0, 0.05) is 32.2 Å². The average Bonchev–Trinajstić information content (AvgIpc) is 2.73. The first kappa shape index (κ1) is 19.0. The Morgan fingerprint density at radius 2 is 1.74 bits per heavy atom. The van der Waals surface area contributed by atoms with Crippen molar-refractivity contribution >= 4 is 17.5 Å². The fraction of sp³-hybridized carbons (Fsp3) is 0.364. The maximum absolute atomic E-state index is 12.9. The van der Waals surface area contributed by atoms with E-state index in [1.807, 2.05) is 66.4 Å². The first-order valence-electron chi connectivity index (χ1n) is 9.46. The highest BCUT2D eigenvalue weighted by molar-refractivity contribution is 5.95. The number of ether oxygens (including phenoxy) is 1. The highest BCUT2D eigenvalue weighted by atomic mass is 16.5. The molecule has 1 fully saturated rings. The van der Waals surface area contributed by atoms with E-state index in [2.05, 4.69) is 0 Å². The molecule has 0 aromatic heterocycles. The quantitative estimate of drug-likeness (QED) is 0.801. The van der Waals surface area contributed by atoms with Gasteiger partial charge in [0.15, 0.2) is 0 Å². The molecule has 142 valence electrons. The summed E-state index contributed by atoms with van der Waals surface area (Å²) < 4.78 is 5.80. The predicted molar refractivity (Wildman–Crippen MR) is 106 cm³/mol. The summed E-state index contributed by atoms with van der Waals surface area (Å²) in [6.45, 7) is 3.13. The van der Waals surface area contributed by atoms with Gasteiger partial charge in [-0.25, -0.2) is 0 Å². The van der Waals surface area contributed by atoms with Crippen LogP contribution in [0.3, 0.4) is 0 Å². The second kappa shape index (κ2) is 8.71. The summed E-state index contributed by atoms with van der Waals surface area (Å²) in [5.41, 5.74) is 0.819. The summed E-state index contributed by atoms with van der Waals surface area (Å²) in [6, 6.07) is 17.1. The number of carbonyl (C=O) groups excluding carboxylic acids is 2. The van der Waals surface area contributed by atoms with Gasteiger partial charge in [0.25, 0.3) is 0 Å². The van der Waals surface area contributed by atoms with E-state index < -0.39 is 0 Å². The number of hydrogen-bond donors (Lipinski definition) is 0. The van der Waals surface area contributed by atoms with Gasteiger partial charge in [-0.3, -0.25) is 9.59 Å². The number of rotatable bonds is 5. The summed E-state index contributed by atoms with van der Waals surface area (Å²) in [6.07, 6.45) is 2.19. The van der Waals surface area contributed by atoms with Crippen LogP contribution >= 0.6 is 0 Å². The van der Waals surface area contributed by atoms with Crippen molar-refractivity contribution < 1.29 is 14.3 Å². The molecule has 3 rings (SSSR count). The molecule has 0 saturated carbocycles. The summed E-state index contributed by atoms with van der Waals surface area (Å²) in [4.78, 5) is 28.3. The van der Waals surface area contributed by atoms with Crippen LogP contribution in [0.25, 0.3) is 0 Å². The lowest BCUT2D eigenvalue weighted by molar-refractivity contribution is -0.134. The number of piperidine rings is 1. The number of likely N-dealkylation sites (tertiary alicyclic amines) is 1. The zero-order valence-electron chi connectivity index (χ0n) is 15.9. The number of hydrogen-bond acceptors (Lipinski definition) is 3. The van der Waals surface area contributed by atoms with Crippen LogP contribution in [-0.4, -0.2) is 36.9 Å². The molecule has 1 saturated heterocycles. The Bertz CT molecular complexity index is 774. The minimum Gasteiger partial charge on any atom is -0.457 e. The lowest BCUT2D eigenvalue weighted by Crippen LogP contribution is -2.45. The van der Waals surface area contributed by atoms with Crippen LogP contribution in [0.4, 0.5) is 5.69 Å². The predicted octanol–water partition coefficient (Wildman–Crippen LogP) is 4.09. The van der Waals surface area contributed by atoms with Crippen molar-refractivity contribution in [2.24, 2.45) is 5.92 Å². The molecule has 0 radical (unpaired) electrons. The highest BCUT2D eigenvalue weighted by Crippen LogP contribution is 2.26. The van der Waals surface area contributed by atoms with Gasteiger partial charge in [-0.1, -0.05) is 25.1 Å². The zero-order valence-corrected chi connectivity index (χ0v) is 15.9. The third-order valence-corrected chi connectivity index (χ3v) is 4.96.